The third kappa shape index (κ3) is 4.04. The first-order valence-electron chi connectivity index (χ1n) is 7.97. The first-order chi connectivity index (χ1) is 12.9. The summed E-state index contributed by atoms with van der Waals surface area (Å²) < 4.78 is 32.2. The maximum absolute atomic E-state index is 13.4. The molecule has 1 saturated heterocycles. The Kier molecular flexibility index (Phi) is 5.62. The highest BCUT2D eigenvalue weighted by atomic mass is 35.5. The highest BCUT2D eigenvalue weighted by molar-refractivity contribution is 6.29. The van der Waals surface area contributed by atoms with Crippen molar-refractivity contribution in [3.05, 3.63) is 47.8 Å². The average molecular weight is 396 g/mol. The van der Waals surface area contributed by atoms with Gasteiger partial charge >= 0.3 is 0 Å². The van der Waals surface area contributed by atoms with Crippen LogP contribution in [0, 0.1) is 0 Å². The number of morpholine rings is 1. The monoisotopic (exact) mass is 395 g/mol. The van der Waals surface area contributed by atoms with Crippen LogP contribution >= 0.6 is 11.6 Å². The van der Waals surface area contributed by atoms with E-state index >= 15 is 0 Å². The van der Waals surface area contributed by atoms with E-state index in [0.29, 0.717) is 17.0 Å². The van der Waals surface area contributed by atoms with Gasteiger partial charge in [-0.25, -0.2) is 23.7 Å². The van der Waals surface area contributed by atoms with E-state index in [4.69, 9.17) is 22.1 Å². The van der Waals surface area contributed by atoms with E-state index in [2.05, 4.69) is 21.5 Å². The number of hydrogen-bond acceptors (Lipinski definition) is 6. The average Bonchev–Trinajstić information content (AvgIpc) is 2.66. The summed E-state index contributed by atoms with van der Waals surface area (Å²) in [5, 5.41) is 0.116. The minimum absolute atomic E-state index is 0.0362. The number of anilines is 1. The molecule has 0 radical (unpaired) electrons. The van der Waals surface area contributed by atoms with Crippen LogP contribution in [0.2, 0.25) is 5.15 Å². The number of nitrogens with zero attached hydrogens (tertiary/aromatic N) is 4. The van der Waals surface area contributed by atoms with Crippen molar-refractivity contribution >= 4 is 23.5 Å². The number of ether oxygens (including phenoxy) is 1. The zero-order valence-electron chi connectivity index (χ0n) is 14.1. The minimum Gasteiger partial charge on any atom is -0.377 e. The second kappa shape index (κ2) is 7.93. The summed E-state index contributed by atoms with van der Waals surface area (Å²) in [5.41, 5.74) is 6.87. The van der Waals surface area contributed by atoms with Crippen LogP contribution in [0.4, 0.5) is 14.7 Å². The number of carbonyl (C=O) groups is 1. The summed E-state index contributed by atoms with van der Waals surface area (Å²) in [6, 6.07) is 2.53. The van der Waals surface area contributed by atoms with E-state index in [1.54, 1.807) is 12.1 Å². The highest BCUT2D eigenvalue weighted by Gasteiger charge is 2.40. The molecule has 1 fully saturated rings. The Morgan fingerprint density at radius 3 is 2.81 bits per heavy atom. The van der Waals surface area contributed by atoms with Gasteiger partial charge in [0.15, 0.2) is 0 Å². The van der Waals surface area contributed by atoms with E-state index in [1.807, 2.05) is 0 Å². The maximum atomic E-state index is 13.4. The van der Waals surface area contributed by atoms with Crippen molar-refractivity contribution in [1.29, 1.82) is 0 Å². The number of hydrogen-bond donors (Lipinski definition) is 1. The molecular weight excluding hydrogens is 380 g/mol. The first kappa shape index (κ1) is 19.1. The van der Waals surface area contributed by atoms with Crippen LogP contribution in [0.5, 0.6) is 0 Å². The summed E-state index contributed by atoms with van der Waals surface area (Å²) in [5.74, 6) is -0.563. The third-order valence-electron chi connectivity index (χ3n) is 4.12. The zero-order valence-corrected chi connectivity index (χ0v) is 14.8. The van der Waals surface area contributed by atoms with Crippen molar-refractivity contribution in [2.45, 2.75) is 18.5 Å². The van der Waals surface area contributed by atoms with Crippen LogP contribution in [-0.2, 0) is 9.53 Å². The second-order valence-corrected chi connectivity index (χ2v) is 6.20. The Balaban J connectivity index is 2.05. The minimum atomic E-state index is -2.77. The largest absolute Gasteiger partial charge is 0.377 e. The molecule has 0 aromatic carbocycles. The molecule has 3 heterocycles. The normalized spacial score (nSPS) is 19.9. The van der Waals surface area contributed by atoms with Gasteiger partial charge < -0.3 is 15.4 Å². The fraction of sp³-hybridized carbons (Fsp3) is 0.294. The molecule has 0 spiro atoms. The van der Waals surface area contributed by atoms with Crippen LogP contribution in [0.25, 0.3) is 11.4 Å². The van der Waals surface area contributed by atoms with E-state index in [0.717, 1.165) is 11.0 Å². The number of nitrogens with two attached hydrogens (primary N) is 1. The second-order valence-electron chi connectivity index (χ2n) is 5.81. The van der Waals surface area contributed by atoms with Crippen molar-refractivity contribution in [1.82, 2.24) is 19.9 Å². The van der Waals surface area contributed by atoms with Crippen molar-refractivity contribution in [3.63, 3.8) is 0 Å². The van der Waals surface area contributed by atoms with Crippen molar-refractivity contribution in [3.8, 4) is 11.4 Å². The lowest BCUT2D eigenvalue weighted by Crippen LogP contribution is -2.53. The molecule has 0 aliphatic carbocycles. The summed E-state index contributed by atoms with van der Waals surface area (Å²) in [6.45, 7) is 3.18. The molecule has 2 aromatic rings. The summed E-state index contributed by atoms with van der Waals surface area (Å²) in [6.07, 6.45) is -0.304. The van der Waals surface area contributed by atoms with Crippen molar-refractivity contribution < 1.29 is 18.3 Å². The van der Waals surface area contributed by atoms with Crippen molar-refractivity contribution in [2.75, 3.05) is 18.9 Å². The number of amides is 1. The maximum Gasteiger partial charge on any atom is 0.260 e. The summed E-state index contributed by atoms with van der Waals surface area (Å²) in [7, 11) is 0. The lowest BCUT2D eigenvalue weighted by molar-refractivity contribution is -0.151. The van der Waals surface area contributed by atoms with E-state index in [-0.39, 0.29) is 24.3 Å². The van der Waals surface area contributed by atoms with Gasteiger partial charge in [-0.05, 0) is 29.8 Å². The lowest BCUT2D eigenvalue weighted by Gasteiger charge is -2.41. The van der Waals surface area contributed by atoms with Gasteiger partial charge in [0.05, 0.1) is 30.6 Å². The summed E-state index contributed by atoms with van der Waals surface area (Å²) in [4.78, 5) is 25.4. The number of aromatic nitrogens is 3. The predicted molar refractivity (Wildman–Crippen MR) is 95.1 cm³/mol. The molecule has 10 heteroatoms. The molecule has 1 unspecified atom stereocenters. The predicted octanol–water partition coefficient (Wildman–Crippen LogP) is 2.49. The molecule has 142 valence electrons. The van der Waals surface area contributed by atoms with Crippen LogP contribution in [-0.4, -0.2) is 51.4 Å². The molecular formula is C17H16ClF2N5O2. The Morgan fingerprint density at radius 2 is 2.15 bits per heavy atom. The molecule has 1 amide bonds. The molecule has 0 bridgehead atoms. The van der Waals surface area contributed by atoms with Crippen LogP contribution in [0.1, 0.15) is 11.6 Å². The molecule has 7 nitrogen and oxygen atoms in total. The fourth-order valence-corrected chi connectivity index (χ4v) is 3.14. The Hall–Kier alpha value is -2.65. The molecule has 2 aromatic heterocycles. The molecule has 1 aliphatic heterocycles. The topological polar surface area (TPSA) is 94.2 Å². The Morgan fingerprint density at radius 1 is 1.37 bits per heavy atom. The molecule has 0 saturated carbocycles. The molecule has 27 heavy (non-hydrogen) atoms. The van der Waals surface area contributed by atoms with Crippen molar-refractivity contribution in [2.24, 2.45) is 0 Å². The summed E-state index contributed by atoms with van der Waals surface area (Å²) >= 11 is 6.12. The van der Waals surface area contributed by atoms with Gasteiger partial charge in [-0.15, -0.1) is 0 Å². The number of nitrogen functional groups attached to an aromatic ring is 1. The Labute approximate surface area is 158 Å². The molecule has 2 atom stereocenters. The van der Waals surface area contributed by atoms with E-state index < -0.39 is 24.4 Å². The van der Waals surface area contributed by atoms with Gasteiger partial charge in [-0.1, -0.05) is 18.2 Å². The number of rotatable bonds is 4. The van der Waals surface area contributed by atoms with Gasteiger partial charge in [0.2, 0.25) is 11.9 Å². The standard InChI is InChI=1S/C17H16ClF2N5O2/c1-2-15(26)25-12(7-27-8-13(25)16(19)20)9-5-11(23-14(18)6-9)10-3-4-22-17(21)24-10/h2-6,12-13,16H,1,7-8H2,(H2,21,22,24)/t12-,13?/m0/s1. The molecule has 1 aliphatic rings. The van der Waals surface area contributed by atoms with Gasteiger partial charge in [0.25, 0.3) is 6.43 Å². The fourth-order valence-electron chi connectivity index (χ4n) is 2.92. The molecule has 2 N–H and O–H groups in total. The van der Waals surface area contributed by atoms with Crippen LogP contribution in [0.15, 0.2) is 37.1 Å². The number of alkyl halides is 2. The van der Waals surface area contributed by atoms with Gasteiger partial charge in [-0.3, -0.25) is 4.79 Å². The van der Waals surface area contributed by atoms with E-state index in [9.17, 15) is 13.6 Å². The molecule has 3 rings (SSSR count). The number of halogens is 3. The van der Waals surface area contributed by atoms with Gasteiger partial charge in [0, 0.05) is 6.20 Å². The van der Waals surface area contributed by atoms with Crippen LogP contribution in [0.3, 0.4) is 0 Å². The SMILES string of the molecule is C=CC(=O)N1C(C(F)F)COC[C@H]1c1cc(Cl)nc(-c2ccnc(N)n2)c1. The Bertz CT molecular complexity index is 867. The zero-order chi connectivity index (χ0) is 19.6. The highest BCUT2D eigenvalue weighted by Crippen LogP contribution is 2.33. The third-order valence-corrected chi connectivity index (χ3v) is 4.31. The van der Waals surface area contributed by atoms with Crippen LogP contribution < -0.4 is 5.73 Å². The lowest BCUT2D eigenvalue weighted by atomic mass is 10.0. The number of carbonyl (C=O) groups excluding carboxylic acids is 1. The van der Waals surface area contributed by atoms with Gasteiger partial charge in [0.1, 0.15) is 11.2 Å². The smallest absolute Gasteiger partial charge is 0.260 e. The van der Waals surface area contributed by atoms with E-state index in [1.165, 1.54) is 12.3 Å². The quantitative estimate of drug-likeness (QED) is 0.631. The number of pyridine rings is 1. The van der Waals surface area contributed by atoms with Gasteiger partial charge in [-0.2, -0.15) is 0 Å². The first-order valence-corrected chi connectivity index (χ1v) is 8.35.